The molecule has 3 nitrogen and oxygen atoms in total. The molecule has 2 rings (SSSR count). The fraction of sp³-hybridized carbons (Fsp3) is 0.370. The van der Waals surface area contributed by atoms with Crippen LogP contribution < -0.4 is 0 Å². The molecule has 0 spiro atoms. The number of halogens is 6. The van der Waals surface area contributed by atoms with E-state index in [0.717, 1.165) is 24.3 Å². The van der Waals surface area contributed by atoms with Crippen LogP contribution in [-0.2, 0) is 21.8 Å². The topological polar surface area (TPSA) is 35.5 Å². The monoisotopic (exact) mass is 510 g/mol. The van der Waals surface area contributed by atoms with Crippen molar-refractivity contribution in [1.82, 2.24) is 0 Å². The van der Waals surface area contributed by atoms with E-state index in [4.69, 9.17) is 9.47 Å². The molecule has 0 saturated heterocycles. The van der Waals surface area contributed by atoms with Crippen LogP contribution in [0.2, 0.25) is 0 Å². The van der Waals surface area contributed by atoms with Crippen molar-refractivity contribution in [2.45, 2.75) is 39.0 Å². The number of carbonyl (C=O) groups excluding carboxylic acids is 1. The molecule has 0 aliphatic rings. The second-order valence-corrected chi connectivity index (χ2v) is 8.02. The van der Waals surface area contributed by atoms with Gasteiger partial charge in [-0.25, -0.2) is 4.79 Å². The maximum atomic E-state index is 12.6. The summed E-state index contributed by atoms with van der Waals surface area (Å²) in [6.45, 7) is 3.71. The Morgan fingerprint density at radius 2 is 1.03 bits per heavy atom. The van der Waals surface area contributed by atoms with Crippen LogP contribution in [0.15, 0.2) is 48.5 Å². The normalized spacial score (nSPS) is 12.9. The molecule has 0 saturated carbocycles. The molecule has 0 aromatic heterocycles. The van der Waals surface area contributed by atoms with Crippen LogP contribution in [0.1, 0.15) is 48.9 Å². The van der Waals surface area contributed by atoms with Crippen LogP contribution in [0.4, 0.5) is 31.1 Å². The Balaban J connectivity index is 1.66. The molecule has 0 N–H and O–H groups in total. The van der Waals surface area contributed by atoms with Gasteiger partial charge in [-0.1, -0.05) is 37.5 Å². The van der Waals surface area contributed by atoms with Gasteiger partial charge in [-0.3, -0.25) is 0 Å². The molecule has 0 aliphatic heterocycles. The number of hydrogen-bond acceptors (Lipinski definition) is 3. The van der Waals surface area contributed by atoms with Crippen LogP contribution in [0.25, 0.3) is 0 Å². The zero-order chi connectivity index (χ0) is 26.8. The minimum atomic E-state index is -4.40. The molecule has 2 aromatic rings. The van der Waals surface area contributed by atoms with Crippen LogP contribution in [0.5, 0.6) is 0 Å². The van der Waals surface area contributed by atoms with E-state index >= 15 is 0 Å². The second kappa shape index (κ2) is 12.9. The van der Waals surface area contributed by atoms with E-state index in [2.05, 4.69) is 23.7 Å². The Morgan fingerprint density at radius 1 is 0.694 bits per heavy atom. The van der Waals surface area contributed by atoms with Crippen LogP contribution >= 0.6 is 0 Å². The molecule has 192 valence electrons. The zero-order valence-electron chi connectivity index (χ0n) is 19.6. The van der Waals surface area contributed by atoms with E-state index in [1.807, 2.05) is 0 Å². The van der Waals surface area contributed by atoms with Gasteiger partial charge >= 0.3 is 18.5 Å². The Hall–Kier alpha value is -3.59. The molecule has 0 fully saturated rings. The van der Waals surface area contributed by atoms with Crippen molar-refractivity contribution in [1.29, 1.82) is 0 Å². The van der Waals surface area contributed by atoms with Gasteiger partial charge in [-0.05, 0) is 61.4 Å². The predicted octanol–water partition coefficient (Wildman–Crippen LogP) is 7.33. The molecule has 0 bridgehead atoms. The van der Waals surface area contributed by atoms with Crippen molar-refractivity contribution in [2.24, 2.45) is 11.8 Å². The van der Waals surface area contributed by atoms with Crippen molar-refractivity contribution >= 4 is 6.16 Å². The second-order valence-electron chi connectivity index (χ2n) is 8.02. The first-order chi connectivity index (χ1) is 16.8. The summed E-state index contributed by atoms with van der Waals surface area (Å²) in [7, 11) is 0. The fourth-order valence-electron chi connectivity index (χ4n) is 2.72. The highest BCUT2D eigenvalue weighted by atomic mass is 19.4. The highest BCUT2D eigenvalue weighted by molar-refractivity contribution is 5.59. The third-order valence-electron chi connectivity index (χ3n) is 4.89. The third-order valence-corrected chi connectivity index (χ3v) is 4.89. The highest BCUT2D eigenvalue weighted by Crippen LogP contribution is 2.29. The largest absolute Gasteiger partial charge is 0.508 e. The average Bonchev–Trinajstić information content (AvgIpc) is 2.81. The molecule has 36 heavy (non-hydrogen) atoms. The van der Waals surface area contributed by atoms with Gasteiger partial charge in [-0.2, -0.15) is 26.3 Å². The van der Waals surface area contributed by atoms with Crippen molar-refractivity contribution in [2.75, 3.05) is 13.2 Å². The van der Waals surface area contributed by atoms with E-state index in [9.17, 15) is 31.1 Å². The number of carbonyl (C=O) groups is 1. The first-order valence-corrected chi connectivity index (χ1v) is 11.0. The summed E-state index contributed by atoms with van der Waals surface area (Å²) in [5, 5.41) is 0. The van der Waals surface area contributed by atoms with Crippen LogP contribution in [0.3, 0.4) is 0 Å². The van der Waals surface area contributed by atoms with Gasteiger partial charge in [0, 0.05) is 23.0 Å². The average molecular weight is 510 g/mol. The Labute approximate surface area is 205 Å². The lowest BCUT2D eigenvalue weighted by molar-refractivity contribution is -0.138. The fourth-order valence-corrected chi connectivity index (χ4v) is 2.72. The number of benzene rings is 2. The van der Waals surface area contributed by atoms with E-state index in [1.54, 1.807) is 13.8 Å². The molecule has 0 heterocycles. The summed E-state index contributed by atoms with van der Waals surface area (Å²) >= 11 is 0. The number of ether oxygens (including phenoxy) is 2. The van der Waals surface area contributed by atoms with Crippen molar-refractivity contribution in [3.63, 3.8) is 0 Å². The minimum absolute atomic E-state index is 0.0605. The van der Waals surface area contributed by atoms with E-state index in [0.29, 0.717) is 24.0 Å². The van der Waals surface area contributed by atoms with Crippen LogP contribution in [0, 0.1) is 35.5 Å². The van der Waals surface area contributed by atoms with Gasteiger partial charge in [-0.15, -0.1) is 0 Å². The molecule has 0 radical (unpaired) electrons. The molecular formula is C27H24F6O3. The van der Waals surface area contributed by atoms with Gasteiger partial charge in [0.15, 0.2) is 0 Å². The number of hydrogen-bond donors (Lipinski definition) is 0. The summed E-state index contributed by atoms with van der Waals surface area (Å²) in [6.07, 6.45) is -8.81. The standard InChI is InChI=1S/C27H24F6O3/c1-19(3-5-21-7-11-23(12-8-21)26(28,29)30)15-17-35-25(34)36-18-16-20(2)4-6-22-9-13-24(14-10-22)27(31,32)33/h7-14,19-20H,15-18H2,1-2H3. The van der Waals surface area contributed by atoms with Gasteiger partial charge in [0.2, 0.25) is 0 Å². The molecule has 0 amide bonds. The molecule has 2 unspecified atom stereocenters. The predicted molar refractivity (Wildman–Crippen MR) is 122 cm³/mol. The Morgan fingerprint density at radius 3 is 1.33 bits per heavy atom. The summed E-state index contributed by atoms with van der Waals surface area (Å²) in [5.41, 5.74) is -0.585. The van der Waals surface area contributed by atoms with Gasteiger partial charge in [0.1, 0.15) is 0 Å². The van der Waals surface area contributed by atoms with Crippen molar-refractivity contribution in [3.8, 4) is 23.7 Å². The molecule has 9 heteroatoms. The maximum Gasteiger partial charge on any atom is 0.508 e. The summed E-state index contributed by atoms with van der Waals surface area (Å²) in [4.78, 5) is 11.7. The van der Waals surface area contributed by atoms with E-state index in [-0.39, 0.29) is 25.0 Å². The molecular weight excluding hydrogens is 486 g/mol. The lowest BCUT2D eigenvalue weighted by Gasteiger charge is -2.08. The number of rotatable bonds is 6. The van der Waals surface area contributed by atoms with E-state index in [1.165, 1.54) is 24.3 Å². The molecule has 0 aliphatic carbocycles. The Bertz CT molecular complexity index is 1020. The van der Waals surface area contributed by atoms with Crippen LogP contribution in [-0.4, -0.2) is 19.4 Å². The van der Waals surface area contributed by atoms with Crippen molar-refractivity contribution < 1.29 is 40.6 Å². The summed E-state index contributed by atoms with van der Waals surface area (Å²) in [6, 6.07) is 9.06. The summed E-state index contributed by atoms with van der Waals surface area (Å²) in [5.74, 6) is 11.0. The summed E-state index contributed by atoms with van der Waals surface area (Å²) < 4.78 is 85.4. The minimum Gasteiger partial charge on any atom is -0.434 e. The SMILES string of the molecule is CC(C#Cc1ccc(C(F)(F)F)cc1)CCOC(=O)OCCC(C)C#Cc1ccc(C(F)(F)F)cc1. The smallest absolute Gasteiger partial charge is 0.434 e. The van der Waals surface area contributed by atoms with Crippen molar-refractivity contribution in [3.05, 3.63) is 70.8 Å². The lowest BCUT2D eigenvalue weighted by Crippen LogP contribution is -2.12. The van der Waals surface area contributed by atoms with Gasteiger partial charge in [0.25, 0.3) is 0 Å². The highest BCUT2D eigenvalue weighted by Gasteiger charge is 2.30. The van der Waals surface area contributed by atoms with Gasteiger partial charge < -0.3 is 9.47 Å². The quantitative estimate of drug-likeness (QED) is 0.232. The van der Waals surface area contributed by atoms with Gasteiger partial charge in [0.05, 0.1) is 24.3 Å². The molecule has 2 atom stereocenters. The maximum absolute atomic E-state index is 12.6. The molecule has 2 aromatic carbocycles. The number of alkyl halides is 6. The lowest BCUT2D eigenvalue weighted by atomic mass is 10.1. The first kappa shape index (κ1) is 28.6. The first-order valence-electron chi connectivity index (χ1n) is 11.0. The Kier molecular flexibility index (Phi) is 10.3. The third kappa shape index (κ3) is 10.4. The zero-order valence-corrected chi connectivity index (χ0v) is 19.6. The van der Waals surface area contributed by atoms with E-state index < -0.39 is 29.6 Å².